The maximum atomic E-state index is 12.2. The molecule has 0 aromatic carbocycles. The van der Waals surface area contributed by atoms with Crippen LogP contribution in [0.4, 0.5) is 0 Å². The number of nitrogens with zero attached hydrogens (tertiary/aromatic N) is 5. The normalized spacial score (nSPS) is 31.5. The fourth-order valence-electron chi connectivity index (χ4n) is 4.79. The van der Waals surface area contributed by atoms with Crippen molar-refractivity contribution >= 4 is 5.97 Å². The second-order valence-corrected chi connectivity index (χ2v) is 7.74. The van der Waals surface area contributed by atoms with Crippen LogP contribution < -0.4 is 0 Å². The van der Waals surface area contributed by atoms with Crippen LogP contribution >= 0.6 is 0 Å². The number of carbonyl (C=O) groups is 1. The summed E-state index contributed by atoms with van der Waals surface area (Å²) in [5.41, 5.74) is -0.611. The summed E-state index contributed by atoms with van der Waals surface area (Å²) in [5.74, 6) is 0.489. The zero-order valence-corrected chi connectivity index (χ0v) is 14.8. The fraction of sp³-hybridized carbons (Fsp3) is 0.824. The van der Waals surface area contributed by atoms with Gasteiger partial charge in [-0.3, -0.25) is 14.6 Å². The third-order valence-electron chi connectivity index (χ3n) is 6.31. The summed E-state index contributed by atoms with van der Waals surface area (Å²) < 4.78 is 7.48. The molecule has 3 aliphatic heterocycles. The molecule has 25 heavy (non-hydrogen) atoms. The van der Waals surface area contributed by atoms with E-state index in [4.69, 9.17) is 4.74 Å². The minimum Gasteiger partial charge on any atom is -0.481 e. The molecule has 3 fully saturated rings. The predicted octanol–water partition coefficient (Wildman–Crippen LogP) is 0.0839. The quantitative estimate of drug-likeness (QED) is 0.806. The molecule has 3 aliphatic rings. The number of hydrogen-bond donors (Lipinski definition) is 1. The Labute approximate surface area is 147 Å². The van der Waals surface area contributed by atoms with E-state index in [0.29, 0.717) is 19.1 Å². The molecule has 4 heterocycles. The highest BCUT2D eigenvalue weighted by Gasteiger charge is 2.58. The SMILES string of the molecule is Cc1nncn1CCN1C[C@H]2CN(C3CCOCC3)C[C@@]2(C(=O)O)C1. The van der Waals surface area contributed by atoms with Crippen LogP contribution in [0.3, 0.4) is 0 Å². The Morgan fingerprint density at radius 2 is 2.12 bits per heavy atom. The number of ether oxygens (including phenoxy) is 1. The molecule has 0 amide bonds. The monoisotopic (exact) mass is 349 g/mol. The van der Waals surface area contributed by atoms with Crippen molar-refractivity contribution in [1.82, 2.24) is 24.6 Å². The van der Waals surface area contributed by atoms with Crippen LogP contribution in [0.2, 0.25) is 0 Å². The molecule has 0 aliphatic carbocycles. The predicted molar refractivity (Wildman–Crippen MR) is 90.2 cm³/mol. The number of aromatic nitrogens is 3. The van der Waals surface area contributed by atoms with E-state index in [2.05, 4.69) is 20.0 Å². The molecule has 0 radical (unpaired) electrons. The van der Waals surface area contributed by atoms with Crippen LogP contribution in [0.25, 0.3) is 0 Å². The number of rotatable bonds is 5. The molecule has 0 unspecified atom stereocenters. The summed E-state index contributed by atoms with van der Waals surface area (Å²) in [7, 11) is 0. The largest absolute Gasteiger partial charge is 0.481 e. The van der Waals surface area contributed by atoms with Crippen molar-refractivity contribution in [3.63, 3.8) is 0 Å². The minimum absolute atomic E-state index is 0.217. The molecule has 2 atom stereocenters. The highest BCUT2D eigenvalue weighted by Crippen LogP contribution is 2.44. The lowest BCUT2D eigenvalue weighted by Gasteiger charge is -2.33. The van der Waals surface area contributed by atoms with Crippen LogP contribution in [-0.4, -0.2) is 87.6 Å². The first-order valence-corrected chi connectivity index (χ1v) is 9.20. The Balaban J connectivity index is 1.40. The third-order valence-corrected chi connectivity index (χ3v) is 6.31. The van der Waals surface area contributed by atoms with Crippen molar-refractivity contribution < 1.29 is 14.6 Å². The van der Waals surface area contributed by atoms with Crippen LogP contribution in [-0.2, 0) is 16.1 Å². The van der Waals surface area contributed by atoms with Gasteiger partial charge >= 0.3 is 5.97 Å². The number of likely N-dealkylation sites (tertiary alicyclic amines) is 2. The van der Waals surface area contributed by atoms with Crippen LogP contribution in [0.15, 0.2) is 6.33 Å². The van der Waals surface area contributed by atoms with E-state index in [0.717, 1.165) is 58.1 Å². The molecule has 1 aromatic heterocycles. The van der Waals surface area contributed by atoms with Gasteiger partial charge in [0.05, 0.1) is 5.41 Å². The van der Waals surface area contributed by atoms with Crippen molar-refractivity contribution in [2.45, 2.75) is 32.4 Å². The second kappa shape index (κ2) is 6.66. The van der Waals surface area contributed by atoms with Gasteiger partial charge in [0.15, 0.2) is 0 Å². The van der Waals surface area contributed by atoms with Crippen molar-refractivity contribution in [1.29, 1.82) is 0 Å². The zero-order valence-electron chi connectivity index (χ0n) is 14.8. The summed E-state index contributed by atoms with van der Waals surface area (Å²) in [5, 5.41) is 17.9. The van der Waals surface area contributed by atoms with Gasteiger partial charge in [-0.25, -0.2) is 0 Å². The molecule has 0 bridgehead atoms. The lowest BCUT2D eigenvalue weighted by Crippen LogP contribution is -2.44. The molecule has 8 heteroatoms. The second-order valence-electron chi connectivity index (χ2n) is 7.74. The molecule has 3 saturated heterocycles. The van der Waals surface area contributed by atoms with E-state index in [1.807, 2.05) is 11.5 Å². The molecular weight excluding hydrogens is 322 g/mol. The topological polar surface area (TPSA) is 83.7 Å². The van der Waals surface area contributed by atoms with Crippen LogP contribution in [0, 0.1) is 18.3 Å². The van der Waals surface area contributed by atoms with Gasteiger partial charge in [-0.05, 0) is 19.8 Å². The van der Waals surface area contributed by atoms with Gasteiger partial charge in [0.1, 0.15) is 12.2 Å². The highest BCUT2D eigenvalue weighted by molar-refractivity contribution is 5.77. The molecule has 8 nitrogen and oxygen atoms in total. The average molecular weight is 349 g/mol. The van der Waals surface area contributed by atoms with Gasteiger partial charge in [0, 0.05) is 64.4 Å². The summed E-state index contributed by atoms with van der Waals surface area (Å²) in [4.78, 5) is 16.9. The van der Waals surface area contributed by atoms with Crippen molar-refractivity contribution in [2.24, 2.45) is 11.3 Å². The molecule has 1 aromatic rings. The van der Waals surface area contributed by atoms with Crippen LogP contribution in [0.1, 0.15) is 18.7 Å². The van der Waals surface area contributed by atoms with Gasteiger partial charge in [0.25, 0.3) is 0 Å². The van der Waals surface area contributed by atoms with E-state index in [-0.39, 0.29) is 5.92 Å². The molecular formula is C17H27N5O3. The maximum absolute atomic E-state index is 12.2. The maximum Gasteiger partial charge on any atom is 0.312 e. The van der Waals surface area contributed by atoms with Gasteiger partial charge in [-0.1, -0.05) is 0 Å². The third kappa shape index (κ3) is 3.07. The zero-order chi connectivity index (χ0) is 17.4. The molecule has 0 spiro atoms. The first-order chi connectivity index (χ1) is 12.1. The highest BCUT2D eigenvalue weighted by atomic mass is 16.5. The number of fused-ring (bicyclic) bond motifs is 1. The fourth-order valence-corrected chi connectivity index (χ4v) is 4.79. The van der Waals surface area contributed by atoms with Gasteiger partial charge in [-0.15, -0.1) is 10.2 Å². The molecule has 4 rings (SSSR count). The Hall–Kier alpha value is -1.51. The molecule has 1 N–H and O–H groups in total. The smallest absolute Gasteiger partial charge is 0.312 e. The van der Waals surface area contributed by atoms with Gasteiger partial charge < -0.3 is 14.4 Å². The van der Waals surface area contributed by atoms with E-state index in [9.17, 15) is 9.90 Å². The Kier molecular flexibility index (Phi) is 4.51. The van der Waals surface area contributed by atoms with E-state index in [1.54, 1.807) is 6.33 Å². The summed E-state index contributed by atoms with van der Waals surface area (Å²) in [6, 6.07) is 0.490. The number of aliphatic carboxylic acids is 1. The van der Waals surface area contributed by atoms with Crippen molar-refractivity contribution in [2.75, 3.05) is 45.9 Å². The summed E-state index contributed by atoms with van der Waals surface area (Å²) in [6.45, 7) is 8.30. The van der Waals surface area contributed by atoms with Crippen LogP contribution in [0.5, 0.6) is 0 Å². The van der Waals surface area contributed by atoms with Gasteiger partial charge in [-0.2, -0.15) is 0 Å². The van der Waals surface area contributed by atoms with Crippen molar-refractivity contribution in [3.05, 3.63) is 12.2 Å². The van der Waals surface area contributed by atoms with Gasteiger partial charge in [0.2, 0.25) is 0 Å². The summed E-state index contributed by atoms with van der Waals surface area (Å²) >= 11 is 0. The Bertz CT molecular complexity index is 630. The standard InChI is InChI=1S/C17H27N5O3/c1-13-19-18-12-21(13)5-4-20-8-14-9-22(15-2-6-25-7-3-15)11-17(14,10-20)16(23)24/h12,14-15H,2-11H2,1H3,(H,23,24)/t14-,17-/m0/s1. The van der Waals surface area contributed by atoms with E-state index < -0.39 is 11.4 Å². The van der Waals surface area contributed by atoms with E-state index >= 15 is 0 Å². The Morgan fingerprint density at radius 1 is 1.32 bits per heavy atom. The Morgan fingerprint density at radius 3 is 2.76 bits per heavy atom. The number of carboxylic acid groups (broad SMARTS) is 1. The molecule has 138 valence electrons. The number of carboxylic acids is 1. The first kappa shape index (κ1) is 16.9. The minimum atomic E-state index is -0.630. The summed E-state index contributed by atoms with van der Waals surface area (Å²) in [6.07, 6.45) is 3.80. The lowest BCUT2D eigenvalue weighted by atomic mass is 9.81. The number of aryl methyl sites for hydroxylation is 1. The first-order valence-electron chi connectivity index (χ1n) is 9.20. The van der Waals surface area contributed by atoms with Crippen molar-refractivity contribution in [3.8, 4) is 0 Å². The van der Waals surface area contributed by atoms with E-state index in [1.165, 1.54) is 0 Å². The average Bonchev–Trinajstić information content (AvgIpc) is 3.26. The molecule has 0 saturated carbocycles. The lowest BCUT2D eigenvalue weighted by molar-refractivity contribution is -0.149. The number of hydrogen-bond acceptors (Lipinski definition) is 6.